The van der Waals surface area contributed by atoms with Gasteiger partial charge in [-0.1, -0.05) is 11.6 Å². The summed E-state index contributed by atoms with van der Waals surface area (Å²) < 4.78 is 16.9. The van der Waals surface area contributed by atoms with Crippen LogP contribution >= 0.6 is 11.6 Å². The van der Waals surface area contributed by atoms with Crippen LogP contribution in [0.25, 0.3) is 16.6 Å². The van der Waals surface area contributed by atoms with Crippen molar-refractivity contribution in [1.82, 2.24) is 9.38 Å². The van der Waals surface area contributed by atoms with Crippen LogP contribution in [0.5, 0.6) is 5.75 Å². The minimum absolute atomic E-state index is 0.177. The molecule has 4 aromatic rings. The number of fused-ring (bicyclic) bond motifs is 2. The van der Waals surface area contributed by atoms with Crippen molar-refractivity contribution < 1.29 is 18.7 Å². The Balaban J connectivity index is 1.39. The summed E-state index contributed by atoms with van der Waals surface area (Å²) in [6, 6.07) is 12.3. The van der Waals surface area contributed by atoms with Gasteiger partial charge in [-0.2, -0.15) is 0 Å². The molecule has 0 atom stereocenters. The average Bonchev–Trinajstić information content (AvgIpc) is 2.71. The molecule has 8 nitrogen and oxygen atoms in total. The highest BCUT2D eigenvalue weighted by Crippen LogP contribution is 2.19. The van der Waals surface area contributed by atoms with Crippen LogP contribution in [-0.4, -0.2) is 22.0 Å². The van der Waals surface area contributed by atoms with Crippen molar-refractivity contribution in [2.75, 3.05) is 6.61 Å². The molecule has 0 unspecified atom stereocenters. The second-order valence-corrected chi connectivity index (χ2v) is 6.50. The normalized spacial score (nSPS) is 10.9. The summed E-state index contributed by atoms with van der Waals surface area (Å²) in [7, 11) is 0. The van der Waals surface area contributed by atoms with Gasteiger partial charge in [0.25, 0.3) is 5.56 Å². The van der Waals surface area contributed by atoms with E-state index in [1.165, 1.54) is 28.8 Å². The van der Waals surface area contributed by atoms with Gasteiger partial charge in [-0.15, -0.1) is 0 Å². The fourth-order valence-electron chi connectivity index (χ4n) is 2.67. The van der Waals surface area contributed by atoms with Crippen LogP contribution in [0.4, 0.5) is 0 Å². The third kappa shape index (κ3) is 4.27. The molecule has 3 heterocycles. The highest BCUT2D eigenvalue weighted by molar-refractivity contribution is 6.30. The Bertz CT molecular complexity index is 1340. The molecule has 0 N–H and O–H groups in total. The van der Waals surface area contributed by atoms with E-state index in [0.29, 0.717) is 27.7 Å². The Hall–Kier alpha value is -3.65. The molecule has 0 radical (unpaired) electrons. The Morgan fingerprint density at radius 1 is 1.10 bits per heavy atom. The van der Waals surface area contributed by atoms with E-state index in [1.807, 2.05) is 0 Å². The van der Waals surface area contributed by atoms with Gasteiger partial charge >= 0.3 is 11.6 Å². The van der Waals surface area contributed by atoms with Crippen LogP contribution in [0, 0.1) is 0 Å². The van der Waals surface area contributed by atoms with Crippen molar-refractivity contribution >= 4 is 34.2 Å². The Morgan fingerprint density at radius 3 is 2.79 bits per heavy atom. The predicted octanol–water partition coefficient (Wildman–Crippen LogP) is 2.58. The number of esters is 1. The average molecular weight is 413 g/mol. The lowest BCUT2D eigenvalue weighted by atomic mass is 10.2. The monoisotopic (exact) mass is 412 g/mol. The van der Waals surface area contributed by atoms with Crippen LogP contribution in [0.15, 0.2) is 68.7 Å². The molecular formula is C20H13ClN2O6. The van der Waals surface area contributed by atoms with Crippen LogP contribution in [0.3, 0.4) is 0 Å². The highest BCUT2D eigenvalue weighted by Gasteiger charge is 2.09. The first kappa shape index (κ1) is 18.7. The van der Waals surface area contributed by atoms with Crippen molar-refractivity contribution in [3.63, 3.8) is 0 Å². The summed E-state index contributed by atoms with van der Waals surface area (Å²) in [5.41, 5.74) is 0.233. The minimum atomic E-state index is -0.641. The zero-order valence-electron chi connectivity index (χ0n) is 14.8. The van der Waals surface area contributed by atoms with Gasteiger partial charge < -0.3 is 13.9 Å². The summed E-state index contributed by atoms with van der Waals surface area (Å²) in [6.07, 6.45) is 1.46. The fourth-order valence-corrected chi connectivity index (χ4v) is 2.83. The Morgan fingerprint density at radius 2 is 1.93 bits per heavy atom. The molecule has 0 bridgehead atoms. The second kappa shape index (κ2) is 7.76. The van der Waals surface area contributed by atoms with Crippen LogP contribution in [0.1, 0.15) is 5.69 Å². The molecule has 29 heavy (non-hydrogen) atoms. The van der Waals surface area contributed by atoms with E-state index in [2.05, 4.69) is 4.98 Å². The van der Waals surface area contributed by atoms with Crippen molar-refractivity contribution in [3.8, 4) is 5.75 Å². The number of pyridine rings is 1. The van der Waals surface area contributed by atoms with Crippen LogP contribution < -0.4 is 15.9 Å². The zero-order chi connectivity index (χ0) is 20.4. The third-order valence-corrected chi connectivity index (χ3v) is 4.23. The Kier molecular flexibility index (Phi) is 5.01. The number of hydrogen-bond acceptors (Lipinski definition) is 7. The van der Waals surface area contributed by atoms with Crippen LogP contribution in [0.2, 0.25) is 5.02 Å². The van der Waals surface area contributed by atoms with E-state index in [0.717, 1.165) is 5.39 Å². The first-order valence-electron chi connectivity index (χ1n) is 8.48. The molecule has 0 aliphatic heterocycles. The molecule has 9 heteroatoms. The number of carbonyl (C=O) groups excluding carboxylic acids is 1. The SMILES string of the molecule is O=C(COc1ccc2ccc(=O)oc2c1)OCc1cc(=O)n2cc(Cl)ccc2n1. The van der Waals surface area contributed by atoms with E-state index in [-0.39, 0.29) is 18.8 Å². The standard InChI is InChI=1S/C20H13ClN2O6/c21-13-3-5-17-22-14(7-18(24)23(17)9-13)10-28-20(26)11-27-15-4-1-12-2-6-19(25)29-16(12)8-15/h1-9H,10-11H2. The van der Waals surface area contributed by atoms with Crippen molar-refractivity contribution in [3.05, 3.63) is 86.2 Å². The molecule has 4 rings (SSSR count). The topological polar surface area (TPSA) is 100 Å². The van der Waals surface area contributed by atoms with Gasteiger partial charge in [-0.3, -0.25) is 9.20 Å². The lowest BCUT2D eigenvalue weighted by Gasteiger charge is -2.08. The zero-order valence-corrected chi connectivity index (χ0v) is 15.6. The number of hydrogen-bond donors (Lipinski definition) is 0. The third-order valence-electron chi connectivity index (χ3n) is 4.01. The summed E-state index contributed by atoms with van der Waals surface area (Å²) in [4.78, 5) is 39.6. The number of benzene rings is 1. The largest absolute Gasteiger partial charge is 0.482 e. The smallest absolute Gasteiger partial charge is 0.344 e. The van der Waals surface area contributed by atoms with E-state index in [9.17, 15) is 14.4 Å². The lowest BCUT2D eigenvalue weighted by Crippen LogP contribution is -2.18. The second-order valence-electron chi connectivity index (χ2n) is 6.06. The summed E-state index contributed by atoms with van der Waals surface area (Å²) in [6.45, 7) is -0.534. The summed E-state index contributed by atoms with van der Waals surface area (Å²) >= 11 is 5.87. The number of carbonyl (C=O) groups is 1. The lowest BCUT2D eigenvalue weighted by molar-refractivity contribution is -0.147. The van der Waals surface area contributed by atoms with Gasteiger partial charge in [0.05, 0.1) is 10.7 Å². The number of aromatic nitrogens is 2. The molecule has 3 aromatic heterocycles. The molecule has 0 spiro atoms. The molecule has 0 aliphatic rings. The van der Waals surface area contributed by atoms with E-state index < -0.39 is 11.6 Å². The molecule has 0 amide bonds. The number of halogens is 1. The predicted molar refractivity (Wildman–Crippen MR) is 104 cm³/mol. The highest BCUT2D eigenvalue weighted by atomic mass is 35.5. The fraction of sp³-hybridized carbons (Fsp3) is 0.100. The van der Waals surface area contributed by atoms with Gasteiger partial charge in [-0.05, 0) is 30.3 Å². The van der Waals surface area contributed by atoms with Crippen LogP contribution in [-0.2, 0) is 16.1 Å². The number of nitrogens with zero attached hydrogens (tertiary/aromatic N) is 2. The van der Waals surface area contributed by atoms with Gasteiger partial charge in [0.15, 0.2) is 6.61 Å². The van der Waals surface area contributed by atoms with E-state index in [1.54, 1.807) is 30.3 Å². The van der Waals surface area contributed by atoms with Gasteiger partial charge in [0.2, 0.25) is 0 Å². The van der Waals surface area contributed by atoms with E-state index in [4.69, 9.17) is 25.5 Å². The summed E-state index contributed by atoms with van der Waals surface area (Å²) in [5, 5.41) is 1.14. The molecule has 0 aliphatic carbocycles. The maximum atomic E-state index is 12.1. The van der Waals surface area contributed by atoms with Gasteiger partial charge in [0.1, 0.15) is 23.6 Å². The maximum absolute atomic E-state index is 12.1. The van der Waals surface area contributed by atoms with Crippen molar-refractivity contribution in [1.29, 1.82) is 0 Å². The number of ether oxygens (including phenoxy) is 2. The molecule has 0 saturated heterocycles. The van der Waals surface area contributed by atoms with Gasteiger partial charge in [-0.25, -0.2) is 14.6 Å². The van der Waals surface area contributed by atoms with Crippen molar-refractivity contribution in [2.45, 2.75) is 6.61 Å². The first-order chi connectivity index (χ1) is 14.0. The van der Waals surface area contributed by atoms with E-state index >= 15 is 0 Å². The Labute approximate surface area is 167 Å². The molecule has 0 saturated carbocycles. The number of rotatable bonds is 5. The van der Waals surface area contributed by atoms with Gasteiger partial charge in [0, 0.05) is 29.8 Å². The summed E-state index contributed by atoms with van der Waals surface area (Å²) in [5.74, 6) is -0.291. The van der Waals surface area contributed by atoms with Crippen molar-refractivity contribution in [2.24, 2.45) is 0 Å². The molecular weight excluding hydrogens is 400 g/mol. The first-order valence-corrected chi connectivity index (χ1v) is 8.86. The molecule has 1 aromatic carbocycles. The maximum Gasteiger partial charge on any atom is 0.344 e. The minimum Gasteiger partial charge on any atom is -0.482 e. The molecule has 146 valence electrons. The molecule has 0 fully saturated rings. The quantitative estimate of drug-likeness (QED) is 0.367.